The number of benzene rings is 5. The highest BCUT2D eigenvalue weighted by Crippen LogP contribution is 2.45. The van der Waals surface area contributed by atoms with Crippen LogP contribution in [0.3, 0.4) is 0 Å². The van der Waals surface area contributed by atoms with Gasteiger partial charge >= 0.3 is 0 Å². The molecule has 0 aliphatic carbocycles. The lowest BCUT2D eigenvalue weighted by atomic mass is 9.84. The Morgan fingerprint density at radius 2 is 1.25 bits per heavy atom. The van der Waals surface area contributed by atoms with E-state index in [-0.39, 0.29) is 0 Å². The molecule has 0 aliphatic heterocycles. The molecule has 0 saturated carbocycles. The van der Waals surface area contributed by atoms with Gasteiger partial charge < -0.3 is 0 Å². The smallest absolute Gasteiger partial charge is 0.00201 e. The van der Waals surface area contributed by atoms with Crippen molar-refractivity contribution in [2.75, 3.05) is 0 Å². The predicted octanol–water partition coefficient (Wildman–Crippen LogP) is 4.61. The quantitative estimate of drug-likeness (QED) is 0.320. The molecule has 0 aliphatic rings. The fraction of sp³-hybridized carbons (Fsp3) is 0. The van der Waals surface area contributed by atoms with Gasteiger partial charge in [0.15, 0.2) is 0 Å². The van der Waals surface area contributed by atoms with Crippen LogP contribution in [0.1, 0.15) is 0 Å². The summed E-state index contributed by atoms with van der Waals surface area (Å²) in [4.78, 5) is 0. The van der Waals surface area contributed by atoms with E-state index >= 15 is 0 Å². The fourth-order valence-electron chi connectivity index (χ4n) is 3.20. The summed E-state index contributed by atoms with van der Waals surface area (Å²) in [6.07, 6.45) is 0. The van der Waals surface area contributed by atoms with Gasteiger partial charge in [0.05, 0.1) is 0 Å². The van der Waals surface area contributed by atoms with Gasteiger partial charge in [-0.2, -0.15) is 0 Å². The van der Waals surface area contributed by atoms with E-state index in [1.54, 1.807) is 0 Å². The summed E-state index contributed by atoms with van der Waals surface area (Å²) in [7, 11) is 0. The largest absolute Gasteiger partial charge is 0.0610 e. The molecule has 0 nitrogen and oxygen atoms in total. The molecule has 0 atom stereocenters. The van der Waals surface area contributed by atoms with Crippen molar-refractivity contribution in [2.45, 2.75) is 0 Å². The molecule has 0 saturated heterocycles. The second-order valence-electron chi connectivity index (χ2n) is 4.65. The third kappa shape index (κ3) is 0.570. The maximum absolute atomic E-state index is 2.33. The molecule has 5 aromatic carbocycles. The molecule has 5 rings (SSSR count). The van der Waals surface area contributed by atoms with E-state index in [9.17, 15) is 0 Å². The topological polar surface area (TPSA) is 0 Å². The van der Waals surface area contributed by atoms with Crippen LogP contribution in [-0.4, -0.2) is 0 Å². The average molecular weight is 200 g/mol. The van der Waals surface area contributed by atoms with Crippen LogP contribution in [-0.2, 0) is 0 Å². The molecule has 0 heterocycles. The standard InChI is InChI=1S/C16H8/c1-2-9-4-5-10-6-7-11-13-8-14(11)16(10)15(9)12(13)3-1/h1-8H. The summed E-state index contributed by atoms with van der Waals surface area (Å²) < 4.78 is 0. The molecule has 4 bridgehead atoms. The summed E-state index contributed by atoms with van der Waals surface area (Å²) in [5.41, 5.74) is 0. The summed E-state index contributed by atoms with van der Waals surface area (Å²) in [5.74, 6) is 0. The lowest BCUT2D eigenvalue weighted by Gasteiger charge is -2.19. The molecule has 0 amide bonds. The summed E-state index contributed by atoms with van der Waals surface area (Å²) in [5, 5.41) is 11.4. The first-order chi connectivity index (χ1) is 7.93. The fourth-order valence-corrected chi connectivity index (χ4v) is 3.20. The van der Waals surface area contributed by atoms with Crippen LogP contribution in [0.4, 0.5) is 0 Å². The van der Waals surface area contributed by atoms with Gasteiger partial charge in [0, 0.05) is 0 Å². The molecule has 0 N–H and O–H groups in total. The van der Waals surface area contributed by atoms with E-state index in [0.29, 0.717) is 0 Å². The Morgan fingerprint density at radius 1 is 0.500 bits per heavy atom. The number of hydrogen-bond donors (Lipinski definition) is 0. The minimum atomic E-state index is 1.37. The van der Waals surface area contributed by atoms with E-state index in [4.69, 9.17) is 0 Å². The van der Waals surface area contributed by atoms with Gasteiger partial charge in [0.1, 0.15) is 0 Å². The number of rotatable bonds is 0. The highest BCUT2D eigenvalue weighted by molar-refractivity contribution is 6.38. The van der Waals surface area contributed by atoms with Gasteiger partial charge in [-0.3, -0.25) is 0 Å². The maximum Gasteiger partial charge on any atom is -0.00201 e. The predicted molar refractivity (Wildman–Crippen MR) is 70.0 cm³/mol. The SMILES string of the molecule is c1cc2ccc3ccc4c5cc4c3c2c5c1. The first kappa shape index (κ1) is 7.24. The zero-order chi connectivity index (χ0) is 10.3. The zero-order valence-electron chi connectivity index (χ0n) is 8.62. The lowest BCUT2D eigenvalue weighted by molar-refractivity contribution is 1.80. The Labute approximate surface area is 92.1 Å². The van der Waals surface area contributed by atoms with E-state index in [1.165, 1.54) is 43.1 Å². The second kappa shape index (κ2) is 2.05. The molecule has 72 valence electrons. The van der Waals surface area contributed by atoms with Crippen LogP contribution in [0.25, 0.3) is 43.1 Å². The van der Waals surface area contributed by atoms with E-state index in [1.807, 2.05) is 0 Å². The van der Waals surface area contributed by atoms with Gasteiger partial charge in [-0.15, -0.1) is 0 Å². The van der Waals surface area contributed by atoms with Crippen molar-refractivity contribution in [1.29, 1.82) is 0 Å². The van der Waals surface area contributed by atoms with Gasteiger partial charge in [0.25, 0.3) is 0 Å². The average Bonchev–Trinajstić information content (AvgIpc) is 2.30. The molecule has 0 aromatic heterocycles. The Balaban J connectivity index is 2.41. The third-order valence-electron chi connectivity index (χ3n) is 3.94. The van der Waals surface area contributed by atoms with Crippen molar-refractivity contribution < 1.29 is 0 Å². The van der Waals surface area contributed by atoms with Crippen LogP contribution in [0.2, 0.25) is 0 Å². The molecular formula is C16H8. The van der Waals surface area contributed by atoms with Crippen LogP contribution in [0.15, 0.2) is 48.5 Å². The Bertz CT molecular complexity index is 890. The van der Waals surface area contributed by atoms with Crippen molar-refractivity contribution >= 4 is 43.1 Å². The van der Waals surface area contributed by atoms with Crippen molar-refractivity contribution in [1.82, 2.24) is 0 Å². The normalized spacial score (nSPS) is 13.0. The summed E-state index contributed by atoms with van der Waals surface area (Å²) in [6, 6.07) is 17.9. The summed E-state index contributed by atoms with van der Waals surface area (Å²) >= 11 is 0. The highest BCUT2D eigenvalue weighted by atomic mass is 14.2. The van der Waals surface area contributed by atoms with E-state index < -0.39 is 0 Å². The van der Waals surface area contributed by atoms with Crippen molar-refractivity contribution in [2.24, 2.45) is 0 Å². The van der Waals surface area contributed by atoms with Gasteiger partial charge in [-0.25, -0.2) is 0 Å². The second-order valence-corrected chi connectivity index (χ2v) is 4.65. The Morgan fingerprint density at radius 3 is 2.19 bits per heavy atom. The number of hydrogen-bond acceptors (Lipinski definition) is 0. The molecule has 0 radical (unpaired) electrons. The first-order valence-corrected chi connectivity index (χ1v) is 5.64. The molecule has 0 unspecified atom stereocenters. The van der Waals surface area contributed by atoms with Crippen LogP contribution < -0.4 is 0 Å². The molecule has 0 fully saturated rings. The van der Waals surface area contributed by atoms with Crippen LogP contribution >= 0.6 is 0 Å². The summed E-state index contributed by atoms with van der Waals surface area (Å²) in [6.45, 7) is 0. The first-order valence-electron chi connectivity index (χ1n) is 5.64. The monoisotopic (exact) mass is 200 g/mol. The minimum Gasteiger partial charge on any atom is -0.0610 e. The lowest BCUT2D eigenvalue weighted by Crippen LogP contribution is -1.91. The number of fused-ring (bicyclic) bond motifs is 1. The van der Waals surface area contributed by atoms with E-state index in [0.717, 1.165) is 0 Å². The Hall–Kier alpha value is -2.08. The van der Waals surface area contributed by atoms with Crippen LogP contribution in [0, 0.1) is 0 Å². The van der Waals surface area contributed by atoms with Crippen molar-refractivity contribution in [3.05, 3.63) is 48.5 Å². The van der Waals surface area contributed by atoms with Gasteiger partial charge in [-0.05, 0) is 49.2 Å². The van der Waals surface area contributed by atoms with Crippen molar-refractivity contribution in [3.63, 3.8) is 0 Å². The molecule has 0 heteroatoms. The Kier molecular flexibility index (Phi) is 0.927. The highest BCUT2D eigenvalue weighted by Gasteiger charge is 2.17. The van der Waals surface area contributed by atoms with Crippen LogP contribution in [0.5, 0.6) is 0 Å². The zero-order valence-corrected chi connectivity index (χ0v) is 8.62. The molecule has 5 aromatic rings. The van der Waals surface area contributed by atoms with E-state index in [2.05, 4.69) is 48.5 Å². The minimum absolute atomic E-state index is 1.37. The van der Waals surface area contributed by atoms with Gasteiger partial charge in [0.2, 0.25) is 0 Å². The van der Waals surface area contributed by atoms with Gasteiger partial charge in [-0.1, -0.05) is 42.5 Å². The maximum atomic E-state index is 2.33. The molecular weight excluding hydrogens is 192 g/mol. The molecule has 0 spiro atoms. The van der Waals surface area contributed by atoms with Crippen molar-refractivity contribution in [3.8, 4) is 0 Å². The third-order valence-corrected chi connectivity index (χ3v) is 3.94. The molecule has 16 heavy (non-hydrogen) atoms.